The van der Waals surface area contributed by atoms with Gasteiger partial charge in [0.25, 0.3) is 0 Å². The lowest BCUT2D eigenvalue weighted by molar-refractivity contribution is 0.132. The van der Waals surface area contributed by atoms with Crippen molar-refractivity contribution < 1.29 is 5.11 Å². The van der Waals surface area contributed by atoms with Crippen LogP contribution in [0.3, 0.4) is 0 Å². The maximum atomic E-state index is 9.75. The zero-order valence-electron chi connectivity index (χ0n) is 9.69. The van der Waals surface area contributed by atoms with Gasteiger partial charge >= 0.3 is 0 Å². The van der Waals surface area contributed by atoms with E-state index in [1.807, 2.05) is 0 Å². The average molecular weight is 209 g/mol. The summed E-state index contributed by atoms with van der Waals surface area (Å²) in [5.41, 5.74) is 0.214. The Balaban J connectivity index is 2.27. The summed E-state index contributed by atoms with van der Waals surface area (Å²) in [4.78, 5) is 0. The van der Waals surface area contributed by atoms with Crippen LogP contribution in [0.5, 0.6) is 0 Å². The lowest BCUT2D eigenvalue weighted by Gasteiger charge is -2.22. The van der Waals surface area contributed by atoms with Gasteiger partial charge in [-0.05, 0) is 18.3 Å². The third-order valence-electron chi connectivity index (χ3n) is 2.70. The van der Waals surface area contributed by atoms with Gasteiger partial charge in [0.15, 0.2) is 5.82 Å². The van der Waals surface area contributed by atoms with Gasteiger partial charge in [-0.25, -0.2) is 0 Å². The molecule has 0 saturated heterocycles. The first-order chi connectivity index (χ1) is 6.97. The summed E-state index contributed by atoms with van der Waals surface area (Å²) in [5, 5.41) is 18.0. The summed E-state index contributed by atoms with van der Waals surface area (Å²) in [6, 6.07) is 0. The fraction of sp³-hybridized carbons (Fsp3) is 0.818. The summed E-state index contributed by atoms with van der Waals surface area (Å²) in [5.74, 6) is 1.76. The van der Waals surface area contributed by atoms with Crippen molar-refractivity contribution in [2.75, 3.05) is 0 Å². The largest absolute Gasteiger partial charge is 0.385 e. The normalized spacial score (nSPS) is 21.5. The molecule has 0 fully saturated rings. The topological polar surface area (TPSA) is 50.9 Å². The zero-order chi connectivity index (χ0) is 11.1. The van der Waals surface area contributed by atoms with Gasteiger partial charge < -0.3 is 9.67 Å². The smallest absolute Gasteiger partial charge is 0.161 e. The minimum atomic E-state index is -0.417. The van der Waals surface area contributed by atoms with Crippen LogP contribution in [0.4, 0.5) is 0 Å². The fourth-order valence-corrected chi connectivity index (χ4v) is 2.02. The summed E-state index contributed by atoms with van der Waals surface area (Å²) >= 11 is 0. The van der Waals surface area contributed by atoms with Crippen molar-refractivity contribution in [2.24, 2.45) is 5.41 Å². The third kappa shape index (κ3) is 2.20. The molecule has 2 heterocycles. The second kappa shape index (κ2) is 3.59. The van der Waals surface area contributed by atoms with Crippen LogP contribution in [-0.2, 0) is 13.0 Å². The van der Waals surface area contributed by atoms with E-state index in [0.717, 1.165) is 37.5 Å². The molecule has 1 atom stereocenters. The van der Waals surface area contributed by atoms with E-state index < -0.39 is 6.10 Å². The minimum Gasteiger partial charge on any atom is -0.385 e. The molecule has 0 spiro atoms. The molecule has 2 rings (SSSR count). The number of aliphatic hydroxyl groups excluding tert-OH is 1. The van der Waals surface area contributed by atoms with Gasteiger partial charge in [0.2, 0.25) is 0 Å². The first-order valence-corrected chi connectivity index (χ1v) is 5.57. The highest BCUT2D eigenvalue weighted by Crippen LogP contribution is 2.26. The quantitative estimate of drug-likeness (QED) is 0.765. The summed E-state index contributed by atoms with van der Waals surface area (Å²) in [6.07, 6.45) is 2.32. The Morgan fingerprint density at radius 2 is 2.13 bits per heavy atom. The van der Waals surface area contributed by atoms with Crippen molar-refractivity contribution in [3.63, 3.8) is 0 Å². The highest BCUT2D eigenvalue weighted by atomic mass is 16.3. The van der Waals surface area contributed by atoms with Crippen molar-refractivity contribution >= 4 is 0 Å². The molecule has 1 aliphatic heterocycles. The van der Waals surface area contributed by atoms with E-state index in [2.05, 4.69) is 35.5 Å². The van der Waals surface area contributed by atoms with Gasteiger partial charge in [-0.1, -0.05) is 20.8 Å². The number of hydrogen-bond acceptors (Lipinski definition) is 3. The molecule has 1 aromatic rings. The molecule has 0 amide bonds. The predicted octanol–water partition coefficient (Wildman–Crippen LogP) is 1.69. The van der Waals surface area contributed by atoms with Crippen LogP contribution in [0.1, 0.15) is 51.4 Å². The Kier molecular flexibility index (Phi) is 2.54. The van der Waals surface area contributed by atoms with Crippen LogP contribution in [-0.4, -0.2) is 19.9 Å². The Bertz CT molecular complexity index is 351. The molecule has 0 radical (unpaired) electrons. The van der Waals surface area contributed by atoms with Gasteiger partial charge in [0.05, 0.1) is 0 Å². The van der Waals surface area contributed by atoms with E-state index >= 15 is 0 Å². The summed E-state index contributed by atoms with van der Waals surface area (Å²) in [6.45, 7) is 7.51. The van der Waals surface area contributed by atoms with Crippen LogP contribution in [0, 0.1) is 5.41 Å². The molecule has 1 aliphatic rings. The van der Waals surface area contributed by atoms with E-state index in [4.69, 9.17) is 0 Å². The van der Waals surface area contributed by atoms with E-state index in [1.54, 1.807) is 0 Å². The van der Waals surface area contributed by atoms with Crippen LogP contribution in [0.2, 0.25) is 0 Å². The van der Waals surface area contributed by atoms with Crippen molar-refractivity contribution in [2.45, 2.75) is 52.7 Å². The fourth-order valence-electron chi connectivity index (χ4n) is 2.02. The highest BCUT2D eigenvalue weighted by Gasteiger charge is 2.25. The highest BCUT2D eigenvalue weighted by molar-refractivity contribution is 5.03. The van der Waals surface area contributed by atoms with Gasteiger partial charge in [0.1, 0.15) is 11.9 Å². The lowest BCUT2D eigenvalue weighted by Crippen LogP contribution is -2.20. The SMILES string of the molecule is CC(C)(C)Cc1nnc2n1CCCC2O. The minimum absolute atomic E-state index is 0.214. The molecule has 1 N–H and O–H groups in total. The molecule has 84 valence electrons. The lowest BCUT2D eigenvalue weighted by atomic mass is 9.92. The second-order valence-electron chi connectivity index (χ2n) is 5.52. The molecule has 1 aromatic heterocycles. The Labute approximate surface area is 90.3 Å². The average Bonchev–Trinajstić information content (AvgIpc) is 2.48. The maximum Gasteiger partial charge on any atom is 0.161 e. The summed E-state index contributed by atoms with van der Waals surface area (Å²) in [7, 11) is 0. The molecular formula is C11H19N3O. The monoisotopic (exact) mass is 209 g/mol. The van der Waals surface area contributed by atoms with Crippen molar-refractivity contribution in [3.8, 4) is 0 Å². The Hall–Kier alpha value is -0.900. The molecule has 0 aliphatic carbocycles. The number of hydrogen-bond donors (Lipinski definition) is 1. The molecule has 1 unspecified atom stereocenters. The number of nitrogens with zero attached hydrogens (tertiary/aromatic N) is 3. The Morgan fingerprint density at radius 1 is 1.40 bits per heavy atom. The van der Waals surface area contributed by atoms with Crippen molar-refractivity contribution in [1.29, 1.82) is 0 Å². The number of rotatable bonds is 1. The molecule has 15 heavy (non-hydrogen) atoms. The molecule has 0 bridgehead atoms. The van der Waals surface area contributed by atoms with Gasteiger partial charge in [-0.15, -0.1) is 10.2 Å². The maximum absolute atomic E-state index is 9.75. The number of aliphatic hydroxyl groups is 1. The molecule has 0 aromatic carbocycles. The molecular weight excluding hydrogens is 190 g/mol. The zero-order valence-corrected chi connectivity index (χ0v) is 9.69. The van der Waals surface area contributed by atoms with E-state index in [9.17, 15) is 5.11 Å². The molecule has 0 saturated carbocycles. The van der Waals surface area contributed by atoms with Crippen LogP contribution >= 0.6 is 0 Å². The van der Waals surface area contributed by atoms with Gasteiger partial charge in [-0.2, -0.15) is 0 Å². The predicted molar refractivity (Wildman–Crippen MR) is 57.4 cm³/mol. The third-order valence-corrected chi connectivity index (χ3v) is 2.70. The second-order valence-corrected chi connectivity index (χ2v) is 5.52. The first-order valence-electron chi connectivity index (χ1n) is 5.57. The van der Waals surface area contributed by atoms with Crippen molar-refractivity contribution in [3.05, 3.63) is 11.6 Å². The van der Waals surface area contributed by atoms with Crippen molar-refractivity contribution in [1.82, 2.24) is 14.8 Å². The summed E-state index contributed by atoms with van der Waals surface area (Å²) < 4.78 is 2.08. The number of aromatic nitrogens is 3. The van der Waals surface area contributed by atoms with Gasteiger partial charge in [-0.3, -0.25) is 0 Å². The van der Waals surface area contributed by atoms with E-state index in [1.165, 1.54) is 0 Å². The molecule has 4 heteroatoms. The van der Waals surface area contributed by atoms with E-state index in [-0.39, 0.29) is 5.41 Å². The van der Waals surface area contributed by atoms with Crippen LogP contribution in [0.25, 0.3) is 0 Å². The molecule has 4 nitrogen and oxygen atoms in total. The first kappa shape index (κ1) is 10.6. The Morgan fingerprint density at radius 3 is 2.80 bits per heavy atom. The van der Waals surface area contributed by atoms with Gasteiger partial charge in [0, 0.05) is 13.0 Å². The van der Waals surface area contributed by atoms with Crippen LogP contribution in [0.15, 0.2) is 0 Å². The standard InChI is InChI=1S/C11H19N3O/c1-11(2,3)7-9-12-13-10-8(15)5-4-6-14(9)10/h8,15H,4-7H2,1-3H3. The van der Waals surface area contributed by atoms with Crippen LogP contribution < -0.4 is 0 Å². The number of fused-ring (bicyclic) bond motifs is 1. The van der Waals surface area contributed by atoms with E-state index in [0.29, 0.717) is 0 Å².